The first-order chi connectivity index (χ1) is 10.3. The average Bonchev–Trinajstić information content (AvgIpc) is 2.55. The van der Waals surface area contributed by atoms with Gasteiger partial charge in [-0.2, -0.15) is 0 Å². The van der Waals surface area contributed by atoms with Gasteiger partial charge in [-0.05, 0) is 54.5 Å². The molecule has 0 aromatic heterocycles. The molecule has 0 heterocycles. The number of aryl methyl sites for hydroxylation is 2. The molecule has 0 saturated heterocycles. The minimum atomic E-state index is -0.455. The first kappa shape index (κ1) is 14.2. The van der Waals surface area contributed by atoms with Crippen LogP contribution < -0.4 is 4.74 Å². The third kappa shape index (κ3) is 3.64. The average molecular weight is 282 g/mol. The minimum Gasteiger partial charge on any atom is -0.493 e. The predicted octanol–water partition coefficient (Wildman–Crippen LogP) is 4.07. The summed E-state index contributed by atoms with van der Waals surface area (Å²) in [6.07, 6.45) is 5.10. The van der Waals surface area contributed by atoms with Crippen molar-refractivity contribution in [3.05, 3.63) is 65.2 Å². The van der Waals surface area contributed by atoms with Crippen LogP contribution in [0.1, 0.15) is 42.1 Å². The van der Waals surface area contributed by atoms with Crippen molar-refractivity contribution in [3.63, 3.8) is 0 Å². The Morgan fingerprint density at radius 2 is 1.71 bits per heavy atom. The smallest absolute Gasteiger partial charge is 0.119 e. The Hall–Kier alpha value is -1.80. The molecule has 1 unspecified atom stereocenters. The molecule has 1 N–H and O–H groups in total. The van der Waals surface area contributed by atoms with E-state index in [1.807, 2.05) is 30.3 Å². The van der Waals surface area contributed by atoms with Gasteiger partial charge in [-0.25, -0.2) is 0 Å². The number of ether oxygens (including phenoxy) is 1. The zero-order chi connectivity index (χ0) is 14.5. The fourth-order valence-corrected chi connectivity index (χ4v) is 2.93. The second kappa shape index (κ2) is 6.77. The molecule has 2 nitrogen and oxygen atoms in total. The molecule has 2 aromatic rings. The molecule has 0 fully saturated rings. The van der Waals surface area contributed by atoms with Gasteiger partial charge in [0.25, 0.3) is 0 Å². The molecule has 21 heavy (non-hydrogen) atoms. The van der Waals surface area contributed by atoms with Gasteiger partial charge >= 0.3 is 0 Å². The van der Waals surface area contributed by atoms with Crippen molar-refractivity contribution in [2.75, 3.05) is 6.61 Å². The van der Waals surface area contributed by atoms with E-state index in [1.165, 1.54) is 36.8 Å². The summed E-state index contributed by atoms with van der Waals surface area (Å²) in [6.45, 7) is 0.537. The van der Waals surface area contributed by atoms with Crippen molar-refractivity contribution in [2.24, 2.45) is 0 Å². The molecule has 2 heteroatoms. The molecule has 0 bridgehead atoms. The van der Waals surface area contributed by atoms with Crippen LogP contribution in [0.2, 0.25) is 0 Å². The van der Waals surface area contributed by atoms with E-state index < -0.39 is 6.10 Å². The lowest BCUT2D eigenvalue weighted by molar-refractivity contribution is 0.140. The van der Waals surface area contributed by atoms with Crippen molar-refractivity contribution in [2.45, 2.75) is 38.2 Å². The first-order valence-electron chi connectivity index (χ1n) is 7.80. The first-order valence-corrected chi connectivity index (χ1v) is 7.80. The molecule has 0 amide bonds. The molecule has 0 aliphatic heterocycles. The van der Waals surface area contributed by atoms with Gasteiger partial charge in [0.2, 0.25) is 0 Å². The topological polar surface area (TPSA) is 29.5 Å². The summed E-state index contributed by atoms with van der Waals surface area (Å²) in [5.74, 6) is 0.927. The Balaban J connectivity index is 1.53. The number of benzene rings is 2. The maximum atomic E-state index is 10.1. The van der Waals surface area contributed by atoms with Crippen LogP contribution in [0.5, 0.6) is 5.75 Å². The molecule has 1 aliphatic rings. The summed E-state index contributed by atoms with van der Waals surface area (Å²) in [5.41, 5.74) is 3.85. The normalized spacial score (nSPS) is 15.3. The Morgan fingerprint density at radius 3 is 2.52 bits per heavy atom. The van der Waals surface area contributed by atoms with E-state index in [2.05, 4.69) is 18.2 Å². The Bertz CT molecular complexity index is 577. The van der Waals surface area contributed by atoms with E-state index >= 15 is 0 Å². The van der Waals surface area contributed by atoms with Crippen LogP contribution in [-0.4, -0.2) is 11.7 Å². The molecule has 1 atom stereocenters. The third-order valence-electron chi connectivity index (χ3n) is 4.16. The lowest BCUT2D eigenvalue weighted by atomic mass is 9.92. The van der Waals surface area contributed by atoms with Gasteiger partial charge in [0.05, 0.1) is 12.7 Å². The molecule has 2 aromatic carbocycles. The van der Waals surface area contributed by atoms with E-state index in [0.717, 1.165) is 11.3 Å². The Morgan fingerprint density at radius 1 is 0.952 bits per heavy atom. The fraction of sp³-hybridized carbons (Fsp3) is 0.368. The number of rotatable bonds is 5. The quantitative estimate of drug-likeness (QED) is 0.896. The molecular weight excluding hydrogens is 260 g/mol. The van der Waals surface area contributed by atoms with Crippen LogP contribution in [-0.2, 0) is 12.8 Å². The lowest BCUT2D eigenvalue weighted by Crippen LogP contribution is -2.07. The summed E-state index contributed by atoms with van der Waals surface area (Å²) < 4.78 is 5.80. The van der Waals surface area contributed by atoms with Gasteiger partial charge in [0, 0.05) is 6.42 Å². The summed E-state index contributed by atoms with van der Waals surface area (Å²) in [5, 5.41) is 10.1. The van der Waals surface area contributed by atoms with Crippen molar-refractivity contribution >= 4 is 0 Å². The molecule has 0 spiro atoms. The van der Waals surface area contributed by atoms with Gasteiger partial charge in [0.1, 0.15) is 5.75 Å². The third-order valence-corrected chi connectivity index (χ3v) is 4.16. The summed E-state index contributed by atoms with van der Waals surface area (Å²) >= 11 is 0. The van der Waals surface area contributed by atoms with Crippen molar-refractivity contribution in [3.8, 4) is 5.75 Å². The predicted molar refractivity (Wildman–Crippen MR) is 84.6 cm³/mol. The van der Waals surface area contributed by atoms with Crippen molar-refractivity contribution in [1.82, 2.24) is 0 Å². The number of aliphatic hydroxyl groups excluding tert-OH is 1. The minimum absolute atomic E-state index is 0.455. The Kier molecular flexibility index (Phi) is 4.56. The fourth-order valence-electron chi connectivity index (χ4n) is 2.93. The second-order valence-electron chi connectivity index (χ2n) is 5.70. The van der Waals surface area contributed by atoms with Crippen LogP contribution in [0.3, 0.4) is 0 Å². The van der Waals surface area contributed by atoms with Gasteiger partial charge in [-0.1, -0.05) is 36.4 Å². The van der Waals surface area contributed by atoms with Crippen LogP contribution in [0, 0.1) is 0 Å². The number of fused-ring (bicyclic) bond motifs is 1. The maximum absolute atomic E-state index is 10.1. The molecule has 110 valence electrons. The van der Waals surface area contributed by atoms with Crippen LogP contribution in [0.15, 0.2) is 48.5 Å². The molecular formula is C19H22O2. The van der Waals surface area contributed by atoms with Crippen LogP contribution in [0.25, 0.3) is 0 Å². The van der Waals surface area contributed by atoms with E-state index in [1.54, 1.807) is 0 Å². The summed E-state index contributed by atoms with van der Waals surface area (Å²) in [7, 11) is 0. The standard InChI is InChI=1S/C19H22O2/c20-19(16-7-2-1-3-8-16)12-13-21-18-11-10-15-6-4-5-9-17(15)14-18/h1-3,7-8,10-11,14,19-20H,4-6,9,12-13H2. The van der Waals surface area contributed by atoms with E-state index in [9.17, 15) is 5.11 Å². The highest BCUT2D eigenvalue weighted by Crippen LogP contribution is 2.25. The summed E-state index contributed by atoms with van der Waals surface area (Å²) in [6, 6.07) is 16.2. The summed E-state index contributed by atoms with van der Waals surface area (Å²) in [4.78, 5) is 0. The molecule has 3 rings (SSSR count). The number of aliphatic hydroxyl groups is 1. The van der Waals surface area contributed by atoms with Crippen molar-refractivity contribution < 1.29 is 9.84 Å². The van der Waals surface area contributed by atoms with E-state index in [0.29, 0.717) is 13.0 Å². The molecule has 0 radical (unpaired) electrons. The van der Waals surface area contributed by atoms with E-state index in [4.69, 9.17) is 4.74 Å². The zero-order valence-corrected chi connectivity index (χ0v) is 12.3. The van der Waals surface area contributed by atoms with Gasteiger partial charge < -0.3 is 9.84 Å². The molecule has 0 saturated carbocycles. The highest BCUT2D eigenvalue weighted by Gasteiger charge is 2.11. The monoisotopic (exact) mass is 282 g/mol. The molecule has 1 aliphatic carbocycles. The second-order valence-corrected chi connectivity index (χ2v) is 5.70. The lowest BCUT2D eigenvalue weighted by Gasteiger charge is -2.17. The SMILES string of the molecule is OC(CCOc1ccc2c(c1)CCCC2)c1ccccc1. The van der Waals surface area contributed by atoms with Crippen LogP contribution in [0.4, 0.5) is 0 Å². The van der Waals surface area contributed by atoms with E-state index in [-0.39, 0.29) is 0 Å². The van der Waals surface area contributed by atoms with Gasteiger partial charge in [-0.15, -0.1) is 0 Å². The van der Waals surface area contributed by atoms with Crippen LogP contribution >= 0.6 is 0 Å². The maximum Gasteiger partial charge on any atom is 0.119 e. The Labute approximate surface area is 126 Å². The van der Waals surface area contributed by atoms with Crippen molar-refractivity contribution in [1.29, 1.82) is 0 Å². The number of hydrogen-bond donors (Lipinski definition) is 1. The van der Waals surface area contributed by atoms with Gasteiger partial charge in [0.15, 0.2) is 0 Å². The highest BCUT2D eigenvalue weighted by molar-refractivity contribution is 5.37. The highest BCUT2D eigenvalue weighted by atomic mass is 16.5. The number of hydrogen-bond acceptors (Lipinski definition) is 2. The largest absolute Gasteiger partial charge is 0.493 e. The zero-order valence-electron chi connectivity index (χ0n) is 12.3. The van der Waals surface area contributed by atoms with Gasteiger partial charge in [-0.3, -0.25) is 0 Å².